The van der Waals surface area contributed by atoms with Crippen LogP contribution < -0.4 is 0 Å². The largest absolute Gasteiger partial charge is 0.386 e. The summed E-state index contributed by atoms with van der Waals surface area (Å²) in [7, 11) is 0. The van der Waals surface area contributed by atoms with Crippen LogP contribution in [0.5, 0.6) is 0 Å². The number of thiazole rings is 1. The van der Waals surface area contributed by atoms with Crippen molar-refractivity contribution in [3.8, 4) is 0 Å². The van der Waals surface area contributed by atoms with Gasteiger partial charge in [0.1, 0.15) is 11.1 Å². The van der Waals surface area contributed by atoms with Crippen molar-refractivity contribution < 1.29 is 5.11 Å². The smallest absolute Gasteiger partial charge is 0.123 e. The van der Waals surface area contributed by atoms with Crippen molar-refractivity contribution in [1.82, 2.24) is 4.98 Å². The molecule has 90 valence electrons. The van der Waals surface area contributed by atoms with Gasteiger partial charge in [0, 0.05) is 6.42 Å². The summed E-state index contributed by atoms with van der Waals surface area (Å²) in [4.78, 5) is 4.48. The third-order valence-corrected chi connectivity index (χ3v) is 4.00. The molecule has 1 unspecified atom stereocenters. The Balaban J connectivity index is 1.86. The van der Waals surface area contributed by atoms with Crippen molar-refractivity contribution in [3.63, 3.8) is 0 Å². The average Bonchev–Trinajstić information content (AvgIpc) is 2.84. The van der Waals surface area contributed by atoms with Crippen LogP contribution in [0.2, 0.25) is 0 Å². The second-order valence-electron chi connectivity index (χ2n) is 4.23. The van der Waals surface area contributed by atoms with E-state index in [1.165, 1.54) is 0 Å². The fourth-order valence-corrected chi connectivity index (χ4v) is 2.91. The summed E-state index contributed by atoms with van der Waals surface area (Å²) in [6.45, 7) is 0. The van der Waals surface area contributed by atoms with Crippen molar-refractivity contribution in [2.24, 2.45) is 0 Å². The van der Waals surface area contributed by atoms with Crippen LogP contribution >= 0.6 is 11.3 Å². The minimum atomic E-state index is -0.523. The SMILES string of the molecule is OC(Cc1ccccc1)c1nc2ccccc2s1. The summed E-state index contributed by atoms with van der Waals surface area (Å²) in [5.74, 6) is 0. The maximum atomic E-state index is 10.2. The second-order valence-corrected chi connectivity index (χ2v) is 5.29. The molecule has 2 nitrogen and oxygen atoms in total. The molecule has 0 saturated carbocycles. The average molecular weight is 255 g/mol. The first-order valence-corrected chi connectivity index (χ1v) is 6.72. The van der Waals surface area contributed by atoms with Crippen LogP contribution in [0, 0.1) is 0 Å². The number of aliphatic hydroxyl groups excluding tert-OH is 1. The molecule has 2 aromatic carbocycles. The molecule has 0 bridgehead atoms. The topological polar surface area (TPSA) is 33.1 Å². The Labute approximate surface area is 110 Å². The van der Waals surface area contributed by atoms with Crippen LogP contribution in [-0.2, 0) is 6.42 Å². The molecule has 1 aromatic heterocycles. The first-order chi connectivity index (χ1) is 8.83. The van der Waals surface area contributed by atoms with Crippen LogP contribution in [0.15, 0.2) is 54.6 Å². The molecular weight excluding hydrogens is 242 g/mol. The number of fused-ring (bicyclic) bond motifs is 1. The Morgan fingerprint density at radius 2 is 1.72 bits per heavy atom. The van der Waals surface area contributed by atoms with Gasteiger partial charge in [-0.3, -0.25) is 0 Å². The molecule has 0 aliphatic rings. The lowest BCUT2D eigenvalue weighted by atomic mass is 10.1. The minimum Gasteiger partial charge on any atom is -0.386 e. The standard InChI is InChI=1S/C15H13NOS/c17-13(10-11-6-2-1-3-7-11)15-16-12-8-4-5-9-14(12)18-15/h1-9,13,17H,10H2. The quantitative estimate of drug-likeness (QED) is 0.776. The summed E-state index contributed by atoms with van der Waals surface area (Å²) in [5.41, 5.74) is 2.09. The van der Waals surface area contributed by atoms with E-state index < -0.39 is 6.10 Å². The molecule has 0 aliphatic carbocycles. The number of aliphatic hydroxyl groups is 1. The molecule has 0 aliphatic heterocycles. The molecule has 3 rings (SSSR count). The highest BCUT2D eigenvalue weighted by molar-refractivity contribution is 7.18. The van der Waals surface area contributed by atoms with Crippen LogP contribution in [0.1, 0.15) is 16.7 Å². The number of benzene rings is 2. The lowest BCUT2D eigenvalue weighted by Gasteiger charge is -2.06. The number of hydrogen-bond acceptors (Lipinski definition) is 3. The van der Waals surface area contributed by atoms with E-state index in [0.29, 0.717) is 6.42 Å². The molecule has 0 spiro atoms. The molecule has 0 amide bonds. The zero-order chi connectivity index (χ0) is 12.4. The van der Waals surface area contributed by atoms with Crippen LogP contribution in [-0.4, -0.2) is 10.1 Å². The predicted octanol–water partition coefficient (Wildman–Crippen LogP) is 3.57. The monoisotopic (exact) mass is 255 g/mol. The van der Waals surface area contributed by atoms with E-state index >= 15 is 0 Å². The van der Waals surface area contributed by atoms with Crippen molar-refractivity contribution in [2.75, 3.05) is 0 Å². The van der Waals surface area contributed by atoms with Gasteiger partial charge < -0.3 is 5.11 Å². The maximum absolute atomic E-state index is 10.2. The lowest BCUT2D eigenvalue weighted by Crippen LogP contribution is -2.00. The lowest BCUT2D eigenvalue weighted by molar-refractivity contribution is 0.178. The molecule has 0 saturated heterocycles. The van der Waals surface area contributed by atoms with E-state index in [-0.39, 0.29) is 0 Å². The molecule has 1 atom stereocenters. The molecule has 3 aromatic rings. The second kappa shape index (κ2) is 4.88. The Hall–Kier alpha value is -1.71. The first-order valence-electron chi connectivity index (χ1n) is 5.90. The summed E-state index contributed by atoms with van der Waals surface area (Å²) in [6, 6.07) is 18.0. The van der Waals surface area contributed by atoms with Crippen molar-refractivity contribution >= 4 is 21.6 Å². The van der Waals surface area contributed by atoms with E-state index in [1.807, 2.05) is 54.6 Å². The van der Waals surface area contributed by atoms with Gasteiger partial charge >= 0.3 is 0 Å². The molecule has 0 fully saturated rings. The molecule has 0 radical (unpaired) electrons. The van der Waals surface area contributed by atoms with Crippen LogP contribution in [0.4, 0.5) is 0 Å². The van der Waals surface area contributed by atoms with Gasteiger partial charge in [0.15, 0.2) is 0 Å². The van der Waals surface area contributed by atoms with E-state index in [1.54, 1.807) is 11.3 Å². The normalized spacial score (nSPS) is 12.7. The summed E-state index contributed by atoms with van der Waals surface area (Å²) in [6.07, 6.45) is 0.0884. The molecule has 3 heteroatoms. The van der Waals surface area contributed by atoms with E-state index in [2.05, 4.69) is 4.98 Å². The fourth-order valence-electron chi connectivity index (χ4n) is 1.96. The first kappa shape index (κ1) is 11.4. The summed E-state index contributed by atoms with van der Waals surface area (Å²) in [5, 5.41) is 11.0. The Morgan fingerprint density at radius 1 is 1.00 bits per heavy atom. The van der Waals surface area contributed by atoms with Crippen LogP contribution in [0.25, 0.3) is 10.2 Å². The maximum Gasteiger partial charge on any atom is 0.123 e. The van der Waals surface area contributed by atoms with Gasteiger partial charge in [-0.25, -0.2) is 4.98 Å². The van der Waals surface area contributed by atoms with Gasteiger partial charge in [-0.15, -0.1) is 11.3 Å². The van der Waals surface area contributed by atoms with Gasteiger partial charge in [0.2, 0.25) is 0 Å². The molecule has 1 heterocycles. The van der Waals surface area contributed by atoms with Crippen molar-refractivity contribution in [1.29, 1.82) is 0 Å². The zero-order valence-corrected chi connectivity index (χ0v) is 10.6. The van der Waals surface area contributed by atoms with Gasteiger partial charge in [-0.2, -0.15) is 0 Å². The number of aromatic nitrogens is 1. The van der Waals surface area contributed by atoms with E-state index in [0.717, 1.165) is 20.8 Å². The highest BCUT2D eigenvalue weighted by atomic mass is 32.1. The Kier molecular flexibility index (Phi) is 3.09. The predicted molar refractivity (Wildman–Crippen MR) is 74.7 cm³/mol. The summed E-state index contributed by atoms with van der Waals surface area (Å²) >= 11 is 1.56. The molecular formula is C15H13NOS. The van der Waals surface area contributed by atoms with Crippen molar-refractivity contribution in [3.05, 3.63) is 65.2 Å². The number of para-hydroxylation sites is 1. The van der Waals surface area contributed by atoms with E-state index in [4.69, 9.17) is 0 Å². The van der Waals surface area contributed by atoms with Gasteiger partial charge in [0.25, 0.3) is 0 Å². The van der Waals surface area contributed by atoms with Crippen LogP contribution in [0.3, 0.4) is 0 Å². The molecule has 18 heavy (non-hydrogen) atoms. The number of hydrogen-bond donors (Lipinski definition) is 1. The highest BCUT2D eigenvalue weighted by Crippen LogP contribution is 2.27. The van der Waals surface area contributed by atoms with E-state index in [9.17, 15) is 5.11 Å². The third-order valence-electron chi connectivity index (χ3n) is 2.87. The summed E-state index contributed by atoms with van der Waals surface area (Å²) < 4.78 is 1.12. The van der Waals surface area contributed by atoms with Gasteiger partial charge in [-0.1, -0.05) is 42.5 Å². The zero-order valence-electron chi connectivity index (χ0n) is 9.78. The number of rotatable bonds is 3. The molecule has 1 N–H and O–H groups in total. The van der Waals surface area contributed by atoms with Crippen molar-refractivity contribution in [2.45, 2.75) is 12.5 Å². The third kappa shape index (κ3) is 2.28. The Morgan fingerprint density at radius 3 is 2.50 bits per heavy atom. The highest BCUT2D eigenvalue weighted by Gasteiger charge is 2.13. The Bertz CT molecular complexity index is 615. The van der Waals surface area contributed by atoms with Gasteiger partial charge in [0.05, 0.1) is 10.2 Å². The minimum absolute atomic E-state index is 0.523. The van der Waals surface area contributed by atoms with Gasteiger partial charge in [-0.05, 0) is 17.7 Å². The number of nitrogens with zero attached hydrogens (tertiary/aromatic N) is 1. The fraction of sp³-hybridized carbons (Fsp3) is 0.133.